The standard InChI is InChI=1S/C19H18F3NO4S/c20-19(21,22)14-6-8-17(9-7-14)27-12-18(24)23(15-4-2-1-3-5-15)16-10-11-28(25,26)13-16/h1-9,16H,10-13H2/t16-/m1/s1. The second kappa shape index (κ2) is 7.83. The Morgan fingerprint density at radius 1 is 1.07 bits per heavy atom. The van der Waals surface area contributed by atoms with E-state index < -0.39 is 40.1 Å². The van der Waals surface area contributed by atoms with Gasteiger partial charge < -0.3 is 9.64 Å². The van der Waals surface area contributed by atoms with Crippen molar-refractivity contribution in [1.29, 1.82) is 0 Å². The fraction of sp³-hybridized carbons (Fsp3) is 0.316. The lowest BCUT2D eigenvalue weighted by Crippen LogP contribution is -2.43. The third kappa shape index (κ3) is 4.83. The van der Waals surface area contributed by atoms with Crippen molar-refractivity contribution in [3.63, 3.8) is 0 Å². The Morgan fingerprint density at radius 2 is 1.71 bits per heavy atom. The molecule has 2 aromatic carbocycles. The third-order valence-corrected chi connectivity index (χ3v) is 6.17. The van der Waals surface area contributed by atoms with Crippen molar-refractivity contribution in [3.8, 4) is 5.75 Å². The molecule has 1 heterocycles. The molecule has 1 saturated heterocycles. The minimum atomic E-state index is -4.45. The van der Waals surface area contributed by atoms with Crippen molar-refractivity contribution >= 4 is 21.4 Å². The molecule has 0 saturated carbocycles. The van der Waals surface area contributed by atoms with Gasteiger partial charge in [0.15, 0.2) is 16.4 Å². The fourth-order valence-corrected chi connectivity index (χ4v) is 4.78. The second-order valence-electron chi connectivity index (χ2n) is 6.47. The number of para-hydroxylation sites is 1. The van der Waals surface area contributed by atoms with Gasteiger partial charge in [-0.15, -0.1) is 0 Å². The summed E-state index contributed by atoms with van der Waals surface area (Å²) in [4.78, 5) is 14.2. The van der Waals surface area contributed by atoms with Crippen LogP contribution in [0.2, 0.25) is 0 Å². The van der Waals surface area contributed by atoms with Crippen molar-refractivity contribution in [3.05, 3.63) is 60.2 Å². The minimum absolute atomic E-state index is 0.00798. The molecular formula is C19H18F3NO4S. The van der Waals surface area contributed by atoms with Crippen LogP contribution in [0.25, 0.3) is 0 Å². The summed E-state index contributed by atoms with van der Waals surface area (Å²) in [5, 5.41) is 0. The van der Waals surface area contributed by atoms with Crippen molar-refractivity contribution < 1.29 is 31.1 Å². The topological polar surface area (TPSA) is 63.7 Å². The highest BCUT2D eigenvalue weighted by molar-refractivity contribution is 7.91. The number of halogens is 3. The molecule has 1 amide bonds. The zero-order valence-electron chi connectivity index (χ0n) is 14.7. The number of amides is 1. The largest absolute Gasteiger partial charge is 0.484 e. The molecular weight excluding hydrogens is 395 g/mol. The van der Waals surface area contributed by atoms with Gasteiger partial charge in [0.1, 0.15) is 5.75 Å². The smallest absolute Gasteiger partial charge is 0.416 e. The average molecular weight is 413 g/mol. The van der Waals surface area contributed by atoms with Crippen molar-refractivity contribution in [2.75, 3.05) is 23.0 Å². The van der Waals surface area contributed by atoms with E-state index >= 15 is 0 Å². The number of hydrogen-bond acceptors (Lipinski definition) is 4. The highest BCUT2D eigenvalue weighted by Crippen LogP contribution is 2.30. The average Bonchev–Trinajstić information content (AvgIpc) is 3.00. The Hall–Kier alpha value is -2.55. The molecule has 0 spiro atoms. The molecule has 2 aromatic rings. The minimum Gasteiger partial charge on any atom is -0.484 e. The first kappa shape index (κ1) is 20.2. The number of nitrogens with zero attached hydrogens (tertiary/aromatic N) is 1. The molecule has 1 fully saturated rings. The Bertz CT molecular complexity index is 928. The molecule has 1 atom stereocenters. The Morgan fingerprint density at radius 3 is 2.25 bits per heavy atom. The van der Waals surface area contributed by atoms with Crippen molar-refractivity contribution in [2.24, 2.45) is 0 Å². The van der Waals surface area contributed by atoms with Gasteiger partial charge in [0.05, 0.1) is 23.1 Å². The maximum absolute atomic E-state index is 12.8. The predicted molar refractivity (Wildman–Crippen MR) is 97.9 cm³/mol. The summed E-state index contributed by atoms with van der Waals surface area (Å²) >= 11 is 0. The second-order valence-corrected chi connectivity index (χ2v) is 8.70. The maximum atomic E-state index is 12.8. The van der Waals surface area contributed by atoms with Gasteiger partial charge in [-0.25, -0.2) is 8.42 Å². The molecule has 0 bridgehead atoms. The number of rotatable bonds is 5. The van der Waals surface area contributed by atoms with Gasteiger partial charge in [0, 0.05) is 5.69 Å². The number of ether oxygens (including phenoxy) is 1. The fourth-order valence-electron chi connectivity index (χ4n) is 3.08. The molecule has 0 unspecified atom stereocenters. The first-order valence-electron chi connectivity index (χ1n) is 8.53. The van der Waals surface area contributed by atoms with Crippen LogP contribution in [0.4, 0.5) is 18.9 Å². The van der Waals surface area contributed by atoms with Crippen LogP contribution >= 0.6 is 0 Å². The maximum Gasteiger partial charge on any atom is 0.416 e. The number of alkyl halides is 3. The molecule has 150 valence electrons. The van der Waals surface area contributed by atoms with Crippen LogP contribution in [-0.2, 0) is 20.8 Å². The SMILES string of the molecule is O=C(COc1ccc(C(F)(F)F)cc1)N(c1ccccc1)[C@@H]1CCS(=O)(=O)C1. The Kier molecular flexibility index (Phi) is 5.64. The predicted octanol–water partition coefficient (Wildman–Crippen LogP) is 3.30. The van der Waals surface area contributed by atoms with Crippen molar-refractivity contribution in [1.82, 2.24) is 0 Å². The van der Waals surface area contributed by atoms with Crippen LogP contribution in [0, 0.1) is 0 Å². The lowest BCUT2D eigenvalue weighted by Gasteiger charge is -2.28. The van der Waals surface area contributed by atoms with Gasteiger partial charge in [-0.1, -0.05) is 18.2 Å². The van der Waals surface area contributed by atoms with Gasteiger partial charge in [-0.2, -0.15) is 13.2 Å². The van der Waals surface area contributed by atoms with Crippen LogP contribution < -0.4 is 9.64 Å². The summed E-state index contributed by atoms with van der Waals surface area (Å²) in [5.74, 6) is -0.469. The van der Waals surface area contributed by atoms with E-state index in [2.05, 4.69) is 0 Å². The highest BCUT2D eigenvalue weighted by Gasteiger charge is 2.35. The molecule has 5 nitrogen and oxygen atoms in total. The first-order valence-corrected chi connectivity index (χ1v) is 10.4. The Balaban J connectivity index is 1.73. The Labute approximate surface area is 160 Å². The van der Waals surface area contributed by atoms with Gasteiger partial charge in [0.2, 0.25) is 0 Å². The molecule has 0 N–H and O–H groups in total. The molecule has 9 heteroatoms. The van der Waals surface area contributed by atoms with E-state index in [0.29, 0.717) is 12.1 Å². The number of anilines is 1. The van der Waals surface area contributed by atoms with Crippen LogP contribution in [0.5, 0.6) is 5.75 Å². The monoisotopic (exact) mass is 413 g/mol. The molecule has 0 aromatic heterocycles. The van der Waals surface area contributed by atoms with E-state index in [9.17, 15) is 26.4 Å². The van der Waals surface area contributed by atoms with Crippen LogP contribution in [0.15, 0.2) is 54.6 Å². The molecule has 0 radical (unpaired) electrons. The van der Waals surface area contributed by atoms with Crippen molar-refractivity contribution in [2.45, 2.75) is 18.6 Å². The van der Waals surface area contributed by atoms with E-state index in [4.69, 9.17) is 4.74 Å². The lowest BCUT2D eigenvalue weighted by atomic mass is 10.2. The summed E-state index contributed by atoms with van der Waals surface area (Å²) < 4.78 is 66.8. The number of benzene rings is 2. The summed E-state index contributed by atoms with van der Waals surface area (Å²) in [6.45, 7) is -0.420. The van der Waals surface area contributed by atoms with E-state index in [-0.39, 0.29) is 17.3 Å². The number of hydrogen-bond donors (Lipinski definition) is 0. The normalized spacial score (nSPS) is 18.6. The quantitative estimate of drug-likeness (QED) is 0.755. The zero-order valence-corrected chi connectivity index (χ0v) is 15.5. The summed E-state index contributed by atoms with van der Waals surface area (Å²) in [5.41, 5.74) is -0.265. The molecule has 1 aliphatic heterocycles. The van der Waals surface area contributed by atoms with Gasteiger partial charge >= 0.3 is 6.18 Å². The third-order valence-electron chi connectivity index (χ3n) is 4.42. The van der Waals surface area contributed by atoms with Crippen LogP contribution in [0.3, 0.4) is 0 Å². The number of sulfone groups is 1. The first-order chi connectivity index (χ1) is 13.2. The molecule has 3 rings (SSSR count). The van der Waals surface area contributed by atoms with E-state index in [1.807, 2.05) is 0 Å². The van der Waals surface area contributed by atoms with Gasteiger partial charge in [-0.3, -0.25) is 4.79 Å². The summed E-state index contributed by atoms with van der Waals surface area (Å²) in [7, 11) is -3.21. The summed E-state index contributed by atoms with van der Waals surface area (Å²) in [6, 6.07) is 12.2. The van der Waals surface area contributed by atoms with Crippen LogP contribution in [0.1, 0.15) is 12.0 Å². The molecule has 28 heavy (non-hydrogen) atoms. The highest BCUT2D eigenvalue weighted by atomic mass is 32.2. The summed E-state index contributed by atoms with van der Waals surface area (Å²) in [6.07, 6.45) is -4.13. The van der Waals surface area contributed by atoms with Gasteiger partial charge in [-0.05, 0) is 42.8 Å². The zero-order chi connectivity index (χ0) is 20.4. The number of carbonyl (C=O) groups excluding carboxylic acids is 1. The van der Waals surface area contributed by atoms with E-state index in [0.717, 1.165) is 24.3 Å². The van der Waals surface area contributed by atoms with E-state index in [1.54, 1.807) is 30.3 Å². The van der Waals surface area contributed by atoms with Gasteiger partial charge in [0.25, 0.3) is 5.91 Å². The molecule has 1 aliphatic rings. The lowest BCUT2D eigenvalue weighted by molar-refractivity contribution is -0.137. The van der Waals surface area contributed by atoms with E-state index in [1.165, 1.54) is 4.90 Å². The van der Waals surface area contributed by atoms with Crippen LogP contribution in [-0.4, -0.2) is 38.5 Å². The molecule has 0 aliphatic carbocycles. The number of carbonyl (C=O) groups is 1.